The monoisotopic (exact) mass is 244 g/mol. The van der Waals surface area contributed by atoms with Crippen LogP contribution >= 0.6 is 12.2 Å². The molecule has 2 rings (SSSR count). The second kappa shape index (κ2) is 3.86. The summed E-state index contributed by atoms with van der Waals surface area (Å²) in [5.74, 6) is 0.615. The van der Waals surface area contributed by atoms with Gasteiger partial charge in [-0.05, 0) is 24.4 Å². The number of benzene rings is 1. The molecule has 0 amide bonds. The molecule has 0 saturated carbocycles. The lowest BCUT2D eigenvalue weighted by Crippen LogP contribution is -1.98. The SMILES string of the molecule is COc1ccc2c(c1)n(C)c(=S)n2C(F)F. The zero-order chi connectivity index (χ0) is 11.9. The number of methoxy groups -OCH3 is 1. The van der Waals surface area contributed by atoms with Crippen LogP contribution in [0.5, 0.6) is 5.75 Å². The summed E-state index contributed by atoms with van der Waals surface area (Å²) in [4.78, 5) is 0. The molecule has 0 N–H and O–H groups in total. The van der Waals surface area contributed by atoms with Crippen LogP contribution < -0.4 is 4.74 Å². The number of hydrogen-bond acceptors (Lipinski definition) is 2. The summed E-state index contributed by atoms with van der Waals surface area (Å²) in [6.45, 7) is -2.63. The minimum atomic E-state index is -2.63. The van der Waals surface area contributed by atoms with Crippen LogP contribution in [0.25, 0.3) is 11.0 Å². The maximum atomic E-state index is 12.8. The average molecular weight is 244 g/mol. The van der Waals surface area contributed by atoms with Crippen molar-refractivity contribution in [3.8, 4) is 5.75 Å². The zero-order valence-corrected chi connectivity index (χ0v) is 9.59. The number of aryl methyl sites for hydroxylation is 1. The van der Waals surface area contributed by atoms with Crippen LogP contribution in [0.2, 0.25) is 0 Å². The van der Waals surface area contributed by atoms with E-state index in [0.29, 0.717) is 16.8 Å². The van der Waals surface area contributed by atoms with Crippen LogP contribution in [0.1, 0.15) is 6.55 Å². The Hall–Kier alpha value is -1.43. The number of aromatic nitrogens is 2. The number of ether oxygens (including phenoxy) is 1. The minimum absolute atomic E-state index is 0.0956. The Morgan fingerprint density at radius 2 is 2.00 bits per heavy atom. The van der Waals surface area contributed by atoms with Gasteiger partial charge in [0.25, 0.3) is 0 Å². The molecule has 3 nitrogen and oxygen atoms in total. The van der Waals surface area contributed by atoms with Crippen molar-refractivity contribution in [1.29, 1.82) is 0 Å². The fourth-order valence-electron chi connectivity index (χ4n) is 1.66. The van der Waals surface area contributed by atoms with Gasteiger partial charge in [-0.1, -0.05) is 0 Å². The smallest absolute Gasteiger partial charge is 0.321 e. The Kier molecular flexibility index (Phi) is 2.67. The van der Waals surface area contributed by atoms with Crippen LogP contribution in [0.15, 0.2) is 18.2 Å². The molecule has 1 aromatic heterocycles. The van der Waals surface area contributed by atoms with Crippen molar-refractivity contribution in [1.82, 2.24) is 9.13 Å². The van der Waals surface area contributed by atoms with Gasteiger partial charge in [0.2, 0.25) is 0 Å². The van der Waals surface area contributed by atoms with E-state index in [1.54, 1.807) is 29.8 Å². The first-order valence-corrected chi connectivity index (χ1v) is 5.00. The lowest BCUT2D eigenvalue weighted by Gasteiger charge is -2.02. The molecule has 1 heterocycles. The maximum Gasteiger partial charge on any atom is 0.321 e. The Bertz CT molecular complexity index is 588. The summed E-state index contributed by atoms with van der Waals surface area (Å²) in [5.41, 5.74) is 1.04. The molecule has 0 aliphatic carbocycles. The molecule has 16 heavy (non-hydrogen) atoms. The van der Waals surface area contributed by atoms with Gasteiger partial charge in [0.1, 0.15) is 5.75 Å². The molecular weight excluding hydrogens is 234 g/mol. The van der Waals surface area contributed by atoms with E-state index < -0.39 is 6.55 Å². The maximum absolute atomic E-state index is 12.8. The molecule has 0 aliphatic rings. The predicted molar refractivity (Wildman–Crippen MR) is 59.5 cm³/mol. The highest BCUT2D eigenvalue weighted by Gasteiger charge is 2.15. The van der Waals surface area contributed by atoms with Gasteiger partial charge in [-0.3, -0.25) is 4.57 Å². The van der Waals surface area contributed by atoms with Gasteiger partial charge in [-0.2, -0.15) is 8.78 Å². The van der Waals surface area contributed by atoms with E-state index in [0.717, 1.165) is 4.57 Å². The number of hydrogen-bond donors (Lipinski definition) is 0. The summed E-state index contributed by atoms with van der Waals surface area (Å²) in [6.07, 6.45) is 0. The van der Waals surface area contributed by atoms with E-state index >= 15 is 0 Å². The van der Waals surface area contributed by atoms with Crippen molar-refractivity contribution >= 4 is 23.3 Å². The van der Waals surface area contributed by atoms with Gasteiger partial charge in [0.05, 0.1) is 18.1 Å². The normalized spacial score (nSPS) is 11.3. The summed E-state index contributed by atoms with van der Waals surface area (Å²) in [7, 11) is 3.18. The molecule has 0 bridgehead atoms. The Balaban J connectivity index is 2.85. The molecule has 86 valence electrons. The molecule has 6 heteroatoms. The topological polar surface area (TPSA) is 19.1 Å². The molecule has 0 saturated heterocycles. The summed E-state index contributed by atoms with van der Waals surface area (Å²) >= 11 is 4.95. The largest absolute Gasteiger partial charge is 0.497 e. The molecule has 1 aromatic carbocycles. The van der Waals surface area contributed by atoms with E-state index in [2.05, 4.69) is 0 Å². The van der Waals surface area contributed by atoms with Crippen LogP contribution in [-0.2, 0) is 7.05 Å². The molecule has 0 spiro atoms. The van der Waals surface area contributed by atoms with Crippen LogP contribution in [0.4, 0.5) is 8.78 Å². The van der Waals surface area contributed by atoms with E-state index in [9.17, 15) is 8.78 Å². The number of halogens is 2. The van der Waals surface area contributed by atoms with Crippen molar-refractivity contribution in [2.75, 3.05) is 7.11 Å². The van der Waals surface area contributed by atoms with Crippen LogP contribution in [-0.4, -0.2) is 16.2 Å². The van der Waals surface area contributed by atoms with Crippen LogP contribution in [0, 0.1) is 4.77 Å². The molecule has 0 atom stereocenters. The third kappa shape index (κ3) is 1.49. The van der Waals surface area contributed by atoms with Gasteiger partial charge in [0, 0.05) is 13.1 Å². The second-order valence-corrected chi connectivity index (χ2v) is 3.71. The molecule has 0 aliphatic heterocycles. The van der Waals surface area contributed by atoms with Crippen molar-refractivity contribution in [3.05, 3.63) is 23.0 Å². The Labute approximate surface area is 95.9 Å². The van der Waals surface area contributed by atoms with Crippen molar-refractivity contribution in [2.24, 2.45) is 7.05 Å². The van der Waals surface area contributed by atoms with Gasteiger partial charge in [0.15, 0.2) is 4.77 Å². The molecule has 0 fully saturated rings. The van der Waals surface area contributed by atoms with Gasteiger partial charge in [-0.25, -0.2) is 0 Å². The minimum Gasteiger partial charge on any atom is -0.497 e. The molecule has 0 radical (unpaired) electrons. The lowest BCUT2D eigenvalue weighted by atomic mass is 10.3. The highest BCUT2D eigenvalue weighted by Crippen LogP contribution is 2.26. The zero-order valence-electron chi connectivity index (χ0n) is 8.78. The Morgan fingerprint density at radius 1 is 1.31 bits per heavy atom. The summed E-state index contributed by atoms with van der Waals surface area (Å²) < 4.78 is 33.1. The Morgan fingerprint density at radius 3 is 2.56 bits per heavy atom. The highest BCUT2D eigenvalue weighted by atomic mass is 32.1. The summed E-state index contributed by atoms with van der Waals surface area (Å²) in [5, 5.41) is 0. The third-order valence-corrected chi connectivity index (χ3v) is 2.96. The number of nitrogens with zero attached hydrogens (tertiary/aromatic N) is 2. The molecule has 0 unspecified atom stereocenters. The number of alkyl halides is 2. The molecular formula is C10H10F2N2OS. The first-order chi connectivity index (χ1) is 7.56. The molecule has 2 aromatic rings. The van der Waals surface area contributed by atoms with E-state index in [1.807, 2.05) is 0 Å². The van der Waals surface area contributed by atoms with E-state index in [-0.39, 0.29) is 4.77 Å². The van der Waals surface area contributed by atoms with Crippen molar-refractivity contribution < 1.29 is 13.5 Å². The first kappa shape index (κ1) is 11.1. The van der Waals surface area contributed by atoms with Crippen molar-refractivity contribution in [3.63, 3.8) is 0 Å². The average Bonchev–Trinajstić information content (AvgIpc) is 2.51. The number of rotatable bonds is 2. The van der Waals surface area contributed by atoms with Crippen molar-refractivity contribution in [2.45, 2.75) is 6.55 Å². The van der Waals surface area contributed by atoms with Gasteiger partial charge in [-0.15, -0.1) is 0 Å². The number of fused-ring (bicyclic) bond motifs is 1. The van der Waals surface area contributed by atoms with E-state index in [4.69, 9.17) is 17.0 Å². The van der Waals surface area contributed by atoms with Gasteiger partial charge < -0.3 is 9.30 Å². The third-order valence-electron chi connectivity index (χ3n) is 2.49. The van der Waals surface area contributed by atoms with E-state index in [1.165, 1.54) is 7.11 Å². The fraction of sp³-hybridized carbons (Fsp3) is 0.300. The standard InChI is InChI=1S/C10H10F2N2OS/c1-13-8-5-6(15-2)3-4-7(8)14(9(11)12)10(13)16/h3-5,9H,1-2H3. The fourth-order valence-corrected chi connectivity index (χ4v) is 1.94. The first-order valence-electron chi connectivity index (χ1n) is 4.59. The van der Waals surface area contributed by atoms with Crippen LogP contribution in [0.3, 0.4) is 0 Å². The second-order valence-electron chi connectivity index (χ2n) is 3.34. The highest BCUT2D eigenvalue weighted by molar-refractivity contribution is 7.71. The quantitative estimate of drug-likeness (QED) is 0.756. The lowest BCUT2D eigenvalue weighted by molar-refractivity contribution is 0.0725. The number of imidazole rings is 1. The summed E-state index contributed by atoms with van der Waals surface area (Å²) in [6, 6.07) is 4.90. The van der Waals surface area contributed by atoms with Gasteiger partial charge >= 0.3 is 6.55 Å². The predicted octanol–water partition coefficient (Wildman–Crippen LogP) is 3.11.